The van der Waals surface area contributed by atoms with Crippen molar-refractivity contribution in [2.24, 2.45) is 11.7 Å². The van der Waals surface area contributed by atoms with Crippen molar-refractivity contribution in [1.82, 2.24) is 5.32 Å². The van der Waals surface area contributed by atoms with Crippen molar-refractivity contribution in [2.45, 2.75) is 38.1 Å². The van der Waals surface area contributed by atoms with Gasteiger partial charge in [0.15, 0.2) is 0 Å². The molecular formula is C17H22FN3O2. The monoisotopic (exact) mass is 319 g/mol. The first-order chi connectivity index (χ1) is 11.1. The molecule has 124 valence electrons. The van der Waals surface area contributed by atoms with Crippen LogP contribution in [0.3, 0.4) is 0 Å². The highest BCUT2D eigenvalue weighted by Crippen LogP contribution is 2.27. The molecule has 2 aliphatic rings. The number of carbonyl (C=O) groups excluding carboxylic acids is 2. The van der Waals surface area contributed by atoms with Crippen molar-refractivity contribution in [3.63, 3.8) is 0 Å². The summed E-state index contributed by atoms with van der Waals surface area (Å²) in [5, 5.41) is 2.90. The molecule has 1 heterocycles. The normalized spacial score (nSPS) is 24.3. The summed E-state index contributed by atoms with van der Waals surface area (Å²) < 4.78 is 14.1. The third kappa shape index (κ3) is 3.22. The first-order valence-electron chi connectivity index (χ1n) is 8.21. The van der Waals surface area contributed by atoms with Crippen LogP contribution < -0.4 is 16.0 Å². The van der Waals surface area contributed by atoms with Gasteiger partial charge < -0.3 is 16.0 Å². The minimum atomic E-state index is -0.569. The summed E-state index contributed by atoms with van der Waals surface area (Å²) in [5.74, 6) is -0.728. The number of hydrogen-bond acceptors (Lipinski definition) is 3. The van der Waals surface area contributed by atoms with Gasteiger partial charge in [-0.1, -0.05) is 6.42 Å². The number of halogens is 1. The van der Waals surface area contributed by atoms with Crippen molar-refractivity contribution in [2.75, 3.05) is 18.0 Å². The number of rotatable bonds is 4. The number of nitrogens with one attached hydrogen (secondary N) is 1. The van der Waals surface area contributed by atoms with Gasteiger partial charge in [-0.3, -0.25) is 9.59 Å². The lowest BCUT2D eigenvalue weighted by Gasteiger charge is -2.21. The molecule has 1 aliphatic heterocycles. The summed E-state index contributed by atoms with van der Waals surface area (Å²) in [6.45, 7) is 1.14. The van der Waals surface area contributed by atoms with E-state index in [1.807, 2.05) is 0 Å². The van der Waals surface area contributed by atoms with Crippen LogP contribution in [0.5, 0.6) is 0 Å². The molecule has 1 aromatic carbocycles. The zero-order valence-electron chi connectivity index (χ0n) is 13.1. The summed E-state index contributed by atoms with van der Waals surface area (Å²) in [6.07, 6.45) is 4.18. The van der Waals surface area contributed by atoms with Crippen LogP contribution in [0, 0.1) is 11.7 Å². The number of amides is 2. The Morgan fingerprint density at radius 2 is 2.17 bits per heavy atom. The van der Waals surface area contributed by atoms with Crippen LogP contribution in [0.2, 0.25) is 0 Å². The Kier molecular flexibility index (Phi) is 4.61. The average molecular weight is 319 g/mol. The van der Waals surface area contributed by atoms with E-state index < -0.39 is 11.7 Å². The van der Waals surface area contributed by atoms with Crippen LogP contribution in [0.25, 0.3) is 0 Å². The number of anilines is 1. The number of carbonyl (C=O) groups is 2. The second kappa shape index (κ2) is 6.66. The highest BCUT2D eigenvalue weighted by molar-refractivity contribution is 5.99. The minimum Gasteiger partial charge on any atom is -0.349 e. The maximum absolute atomic E-state index is 14.1. The van der Waals surface area contributed by atoms with Gasteiger partial charge in [-0.25, -0.2) is 4.39 Å². The molecule has 2 amide bonds. The van der Waals surface area contributed by atoms with E-state index >= 15 is 0 Å². The molecule has 0 aromatic heterocycles. The molecule has 3 N–H and O–H groups in total. The summed E-state index contributed by atoms with van der Waals surface area (Å²) >= 11 is 0. The lowest BCUT2D eigenvalue weighted by Crippen LogP contribution is -2.40. The fourth-order valence-electron chi connectivity index (χ4n) is 3.53. The van der Waals surface area contributed by atoms with E-state index in [1.165, 1.54) is 12.1 Å². The maximum atomic E-state index is 14.1. The lowest BCUT2D eigenvalue weighted by molar-refractivity contribution is -0.117. The van der Waals surface area contributed by atoms with E-state index in [0.29, 0.717) is 25.2 Å². The van der Waals surface area contributed by atoms with Gasteiger partial charge in [0, 0.05) is 24.7 Å². The molecule has 0 radical (unpaired) electrons. The van der Waals surface area contributed by atoms with E-state index in [1.54, 1.807) is 11.0 Å². The van der Waals surface area contributed by atoms with Crippen molar-refractivity contribution >= 4 is 17.5 Å². The number of nitrogens with two attached hydrogens (primary N) is 1. The first kappa shape index (κ1) is 15.9. The highest BCUT2D eigenvalue weighted by Gasteiger charge is 2.29. The molecule has 0 spiro atoms. The Bertz CT molecular complexity index is 620. The van der Waals surface area contributed by atoms with Gasteiger partial charge in [0.05, 0.1) is 5.56 Å². The van der Waals surface area contributed by atoms with E-state index in [0.717, 1.165) is 25.7 Å². The SMILES string of the molecule is NC[C@@H]1CCC[C@@H]1NC(=O)c1cc(N2CCCC2=O)ccc1F. The molecule has 1 aromatic rings. The topological polar surface area (TPSA) is 75.4 Å². The van der Waals surface area contributed by atoms with Gasteiger partial charge in [-0.2, -0.15) is 0 Å². The molecule has 2 atom stereocenters. The molecule has 1 aliphatic carbocycles. The standard InChI is InChI=1S/C17H22FN3O2/c18-14-7-6-12(21-8-2-5-16(21)22)9-13(14)17(23)20-15-4-1-3-11(15)10-19/h6-7,9,11,15H,1-5,8,10,19H2,(H,20,23)/t11-,15-/m0/s1. The van der Waals surface area contributed by atoms with Crippen molar-refractivity contribution in [3.05, 3.63) is 29.6 Å². The van der Waals surface area contributed by atoms with Gasteiger partial charge in [-0.15, -0.1) is 0 Å². The van der Waals surface area contributed by atoms with E-state index in [-0.39, 0.29) is 23.4 Å². The van der Waals surface area contributed by atoms with Gasteiger partial charge in [0.25, 0.3) is 5.91 Å². The van der Waals surface area contributed by atoms with Crippen LogP contribution in [0.4, 0.5) is 10.1 Å². The molecule has 3 rings (SSSR count). The molecular weight excluding hydrogens is 297 g/mol. The van der Waals surface area contributed by atoms with Gasteiger partial charge in [-0.05, 0) is 49.9 Å². The molecule has 5 nitrogen and oxygen atoms in total. The van der Waals surface area contributed by atoms with Crippen LogP contribution in [-0.4, -0.2) is 30.9 Å². The number of hydrogen-bond donors (Lipinski definition) is 2. The zero-order chi connectivity index (χ0) is 16.4. The maximum Gasteiger partial charge on any atom is 0.254 e. The van der Waals surface area contributed by atoms with Gasteiger partial charge in [0.2, 0.25) is 5.91 Å². The minimum absolute atomic E-state index is 0.00368. The molecule has 1 saturated carbocycles. The fourth-order valence-corrected chi connectivity index (χ4v) is 3.53. The Hall–Kier alpha value is -1.95. The number of benzene rings is 1. The quantitative estimate of drug-likeness (QED) is 0.889. The van der Waals surface area contributed by atoms with Crippen molar-refractivity contribution in [3.8, 4) is 0 Å². The van der Waals surface area contributed by atoms with E-state index in [9.17, 15) is 14.0 Å². The lowest BCUT2D eigenvalue weighted by atomic mass is 10.0. The Morgan fingerprint density at radius 1 is 1.35 bits per heavy atom. The second-order valence-corrected chi connectivity index (χ2v) is 6.32. The molecule has 1 saturated heterocycles. The summed E-state index contributed by atoms with van der Waals surface area (Å²) in [4.78, 5) is 25.9. The fraction of sp³-hybridized carbons (Fsp3) is 0.529. The molecule has 0 bridgehead atoms. The Balaban J connectivity index is 1.78. The van der Waals surface area contributed by atoms with E-state index in [2.05, 4.69) is 5.32 Å². The molecule has 6 heteroatoms. The smallest absolute Gasteiger partial charge is 0.254 e. The molecule has 0 unspecified atom stereocenters. The van der Waals surface area contributed by atoms with Crippen LogP contribution >= 0.6 is 0 Å². The van der Waals surface area contributed by atoms with E-state index in [4.69, 9.17) is 5.73 Å². The predicted molar refractivity (Wildman–Crippen MR) is 85.6 cm³/mol. The summed E-state index contributed by atoms with van der Waals surface area (Å²) in [7, 11) is 0. The van der Waals surface area contributed by atoms with Gasteiger partial charge >= 0.3 is 0 Å². The largest absolute Gasteiger partial charge is 0.349 e. The van der Waals surface area contributed by atoms with Crippen molar-refractivity contribution < 1.29 is 14.0 Å². The highest BCUT2D eigenvalue weighted by atomic mass is 19.1. The number of nitrogens with zero attached hydrogens (tertiary/aromatic N) is 1. The average Bonchev–Trinajstić information content (AvgIpc) is 3.16. The summed E-state index contributed by atoms with van der Waals surface area (Å²) in [5.41, 5.74) is 6.30. The zero-order valence-corrected chi connectivity index (χ0v) is 13.1. The first-order valence-corrected chi connectivity index (χ1v) is 8.21. The summed E-state index contributed by atoms with van der Waals surface area (Å²) in [6, 6.07) is 4.28. The van der Waals surface area contributed by atoms with Crippen molar-refractivity contribution in [1.29, 1.82) is 0 Å². The second-order valence-electron chi connectivity index (χ2n) is 6.32. The third-order valence-electron chi connectivity index (χ3n) is 4.86. The van der Waals surface area contributed by atoms with Crippen LogP contribution in [-0.2, 0) is 4.79 Å². The Labute approximate surface area is 135 Å². The third-order valence-corrected chi connectivity index (χ3v) is 4.86. The predicted octanol–water partition coefficient (Wildman–Crippen LogP) is 1.81. The van der Waals surface area contributed by atoms with Crippen LogP contribution in [0.15, 0.2) is 18.2 Å². The van der Waals surface area contributed by atoms with Crippen LogP contribution in [0.1, 0.15) is 42.5 Å². The molecule has 2 fully saturated rings. The Morgan fingerprint density at radius 3 is 2.87 bits per heavy atom. The molecule has 23 heavy (non-hydrogen) atoms. The van der Waals surface area contributed by atoms with Gasteiger partial charge in [0.1, 0.15) is 5.82 Å².